The van der Waals surface area contributed by atoms with Gasteiger partial charge in [0.15, 0.2) is 0 Å². The molecule has 0 saturated carbocycles. The standard InChI is InChI=1S/C14H29ClN2/c1-3-14-13-16(2)10-8-12-17(14)11-7-5-4-6-9-15/h14H,3-13H2,1-2H3. The fraction of sp³-hybridized carbons (Fsp3) is 1.00. The van der Waals surface area contributed by atoms with Crippen LogP contribution in [0, 0.1) is 0 Å². The lowest BCUT2D eigenvalue weighted by atomic mass is 10.1. The highest BCUT2D eigenvalue weighted by Gasteiger charge is 2.20. The monoisotopic (exact) mass is 260 g/mol. The molecule has 1 aliphatic rings. The van der Waals surface area contributed by atoms with E-state index in [9.17, 15) is 0 Å². The Morgan fingerprint density at radius 1 is 1.12 bits per heavy atom. The van der Waals surface area contributed by atoms with Crippen molar-refractivity contribution in [2.24, 2.45) is 0 Å². The second-order valence-electron chi connectivity index (χ2n) is 5.32. The van der Waals surface area contributed by atoms with Crippen LogP contribution >= 0.6 is 11.6 Å². The number of likely N-dealkylation sites (N-methyl/N-ethyl adjacent to an activating group) is 1. The van der Waals surface area contributed by atoms with Crippen LogP contribution in [0.3, 0.4) is 0 Å². The number of alkyl halides is 1. The molecule has 1 aliphatic heterocycles. The summed E-state index contributed by atoms with van der Waals surface area (Å²) in [7, 11) is 2.26. The minimum absolute atomic E-state index is 0.774. The summed E-state index contributed by atoms with van der Waals surface area (Å²) >= 11 is 5.70. The normalized spacial score (nSPS) is 23.8. The third-order valence-electron chi connectivity index (χ3n) is 3.82. The molecule has 0 spiro atoms. The number of hydrogen-bond acceptors (Lipinski definition) is 2. The van der Waals surface area contributed by atoms with Gasteiger partial charge in [-0.1, -0.05) is 19.8 Å². The van der Waals surface area contributed by atoms with Gasteiger partial charge in [-0.05, 0) is 52.4 Å². The first-order valence-corrected chi connectivity index (χ1v) is 7.80. The summed E-state index contributed by atoms with van der Waals surface area (Å²) in [6.07, 6.45) is 7.78. The molecule has 1 unspecified atom stereocenters. The second-order valence-corrected chi connectivity index (χ2v) is 5.69. The maximum absolute atomic E-state index is 5.70. The molecule has 1 saturated heterocycles. The number of nitrogens with zero attached hydrogens (tertiary/aromatic N) is 2. The molecule has 0 radical (unpaired) electrons. The van der Waals surface area contributed by atoms with Gasteiger partial charge in [0.1, 0.15) is 0 Å². The minimum atomic E-state index is 0.774. The lowest BCUT2D eigenvalue weighted by molar-refractivity contribution is 0.180. The Kier molecular flexibility index (Phi) is 8.25. The van der Waals surface area contributed by atoms with E-state index in [-0.39, 0.29) is 0 Å². The summed E-state index contributed by atoms with van der Waals surface area (Å²) in [5.74, 6) is 0.825. The molecule has 0 aromatic carbocycles. The highest BCUT2D eigenvalue weighted by atomic mass is 35.5. The minimum Gasteiger partial charge on any atom is -0.305 e. The van der Waals surface area contributed by atoms with Crippen LogP contribution < -0.4 is 0 Å². The molecule has 102 valence electrons. The fourth-order valence-electron chi connectivity index (χ4n) is 2.74. The average Bonchev–Trinajstić information content (AvgIpc) is 2.50. The van der Waals surface area contributed by atoms with Gasteiger partial charge in [-0.25, -0.2) is 0 Å². The van der Waals surface area contributed by atoms with E-state index in [4.69, 9.17) is 11.6 Å². The molecule has 2 nitrogen and oxygen atoms in total. The molecule has 0 aliphatic carbocycles. The SMILES string of the molecule is CCC1CN(C)CCCN1CCCCCCCl. The third kappa shape index (κ3) is 6.08. The zero-order chi connectivity index (χ0) is 12.5. The summed E-state index contributed by atoms with van der Waals surface area (Å²) < 4.78 is 0. The number of halogens is 1. The predicted molar refractivity (Wildman–Crippen MR) is 77.0 cm³/mol. The Hall–Kier alpha value is 0.210. The van der Waals surface area contributed by atoms with E-state index in [0.29, 0.717) is 0 Å². The lowest BCUT2D eigenvalue weighted by Crippen LogP contribution is -2.40. The van der Waals surface area contributed by atoms with Crippen LogP contribution in [0.5, 0.6) is 0 Å². The summed E-state index contributed by atoms with van der Waals surface area (Å²) in [6.45, 7) is 7.41. The third-order valence-corrected chi connectivity index (χ3v) is 4.09. The van der Waals surface area contributed by atoms with Gasteiger partial charge in [0.05, 0.1) is 0 Å². The summed E-state index contributed by atoms with van der Waals surface area (Å²) in [6, 6.07) is 0.774. The smallest absolute Gasteiger partial charge is 0.0223 e. The van der Waals surface area contributed by atoms with Gasteiger partial charge in [0.2, 0.25) is 0 Å². The number of rotatable bonds is 7. The highest BCUT2D eigenvalue weighted by molar-refractivity contribution is 6.17. The van der Waals surface area contributed by atoms with Crippen molar-refractivity contribution in [3.8, 4) is 0 Å². The fourth-order valence-corrected chi connectivity index (χ4v) is 2.93. The van der Waals surface area contributed by atoms with Gasteiger partial charge in [0, 0.05) is 18.5 Å². The zero-order valence-corrected chi connectivity index (χ0v) is 12.4. The van der Waals surface area contributed by atoms with Crippen molar-refractivity contribution in [2.45, 2.75) is 51.5 Å². The van der Waals surface area contributed by atoms with Gasteiger partial charge in [-0.2, -0.15) is 0 Å². The lowest BCUT2D eigenvalue weighted by Gasteiger charge is -2.30. The Balaban J connectivity index is 2.23. The first-order valence-electron chi connectivity index (χ1n) is 7.26. The maximum Gasteiger partial charge on any atom is 0.0223 e. The van der Waals surface area contributed by atoms with Gasteiger partial charge < -0.3 is 4.90 Å². The van der Waals surface area contributed by atoms with Crippen LogP contribution in [0.2, 0.25) is 0 Å². The van der Waals surface area contributed by atoms with Crippen molar-refractivity contribution in [2.75, 3.05) is 39.1 Å². The van der Waals surface area contributed by atoms with E-state index in [1.165, 1.54) is 64.7 Å². The Morgan fingerprint density at radius 2 is 1.88 bits per heavy atom. The van der Waals surface area contributed by atoms with Crippen molar-refractivity contribution < 1.29 is 0 Å². The highest BCUT2D eigenvalue weighted by Crippen LogP contribution is 2.13. The first kappa shape index (κ1) is 15.3. The average molecular weight is 261 g/mol. The van der Waals surface area contributed by atoms with E-state index >= 15 is 0 Å². The van der Waals surface area contributed by atoms with Crippen molar-refractivity contribution in [3.05, 3.63) is 0 Å². The van der Waals surface area contributed by atoms with Crippen molar-refractivity contribution in [3.63, 3.8) is 0 Å². The quantitative estimate of drug-likeness (QED) is 0.512. The van der Waals surface area contributed by atoms with Crippen LogP contribution in [0.25, 0.3) is 0 Å². The molecule has 3 heteroatoms. The van der Waals surface area contributed by atoms with Gasteiger partial charge in [0.25, 0.3) is 0 Å². The van der Waals surface area contributed by atoms with Crippen LogP contribution in [0.4, 0.5) is 0 Å². The van der Waals surface area contributed by atoms with E-state index in [0.717, 1.165) is 11.9 Å². The molecule has 0 bridgehead atoms. The van der Waals surface area contributed by atoms with Crippen LogP contribution in [-0.4, -0.2) is 54.9 Å². The van der Waals surface area contributed by atoms with E-state index in [2.05, 4.69) is 23.8 Å². The topological polar surface area (TPSA) is 6.48 Å². The summed E-state index contributed by atoms with van der Waals surface area (Å²) in [5.41, 5.74) is 0. The molecule has 0 aromatic heterocycles. The molecular formula is C14H29ClN2. The van der Waals surface area contributed by atoms with E-state index < -0.39 is 0 Å². The molecule has 1 rings (SSSR count). The second kappa shape index (κ2) is 9.18. The first-order chi connectivity index (χ1) is 8.27. The molecular weight excluding hydrogens is 232 g/mol. The maximum atomic E-state index is 5.70. The van der Waals surface area contributed by atoms with Crippen molar-refractivity contribution in [1.29, 1.82) is 0 Å². The molecule has 1 heterocycles. The molecule has 0 amide bonds. The molecule has 1 atom stereocenters. The van der Waals surface area contributed by atoms with Crippen LogP contribution in [0.1, 0.15) is 45.4 Å². The van der Waals surface area contributed by atoms with Crippen LogP contribution in [0.15, 0.2) is 0 Å². The van der Waals surface area contributed by atoms with Gasteiger partial charge in [-0.3, -0.25) is 4.90 Å². The molecule has 1 fully saturated rings. The van der Waals surface area contributed by atoms with Crippen molar-refractivity contribution in [1.82, 2.24) is 9.80 Å². The van der Waals surface area contributed by atoms with Gasteiger partial charge >= 0.3 is 0 Å². The van der Waals surface area contributed by atoms with E-state index in [1.54, 1.807) is 0 Å². The van der Waals surface area contributed by atoms with E-state index in [1.807, 2.05) is 0 Å². The zero-order valence-electron chi connectivity index (χ0n) is 11.6. The van der Waals surface area contributed by atoms with Crippen molar-refractivity contribution >= 4 is 11.6 Å². The number of unbranched alkanes of at least 4 members (excludes halogenated alkanes) is 3. The molecule has 0 N–H and O–H groups in total. The Morgan fingerprint density at radius 3 is 2.59 bits per heavy atom. The Labute approximate surface area is 112 Å². The van der Waals surface area contributed by atoms with Gasteiger partial charge in [-0.15, -0.1) is 11.6 Å². The predicted octanol–water partition coefficient (Wildman–Crippen LogP) is 3.20. The summed E-state index contributed by atoms with van der Waals surface area (Å²) in [5, 5.41) is 0. The summed E-state index contributed by atoms with van der Waals surface area (Å²) in [4.78, 5) is 5.20. The largest absolute Gasteiger partial charge is 0.305 e. The Bertz CT molecular complexity index is 187. The van der Waals surface area contributed by atoms with Crippen LogP contribution in [-0.2, 0) is 0 Å². The molecule has 0 aromatic rings. The number of hydrogen-bond donors (Lipinski definition) is 0. The molecule has 17 heavy (non-hydrogen) atoms.